The zero-order valence-corrected chi connectivity index (χ0v) is 13.0. The van der Waals surface area contributed by atoms with Gasteiger partial charge in [0.25, 0.3) is 5.91 Å². The Morgan fingerprint density at radius 2 is 2.00 bits per heavy atom. The summed E-state index contributed by atoms with van der Waals surface area (Å²) in [5.74, 6) is 0.357. The van der Waals surface area contributed by atoms with Crippen molar-refractivity contribution in [3.05, 3.63) is 40.2 Å². The minimum absolute atomic E-state index is 0.0422. The van der Waals surface area contributed by atoms with Crippen LogP contribution in [0.4, 0.5) is 11.4 Å². The van der Waals surface area contributed by atoms with E-state index in [1.807, 2.05) is 24.3 Å². The van der Waals surface area contributed by atoms with E-state index in [-0.39, 0.29) is 18.5 Å². The maximum Gasteiger partial charge on any atom is 0.305 e. The molecule has 0 N–H and O–H groups in total. The van der Waals surface area contributed by atoms with Gasteiger partial charge in [-0.1, -0.05) is 21.1 Å². The van der Waals surface area contributed by atoms with E-state index in [0.717, 1.165) is 4.47 Å². The number of carbonyl (C=O) groups is 1. The highest BCUT2D eigenvalue weighted by Gasteiger charge is 2.35. The van der Waals surface area contributed by atoms with Crippen LogP contribution in [0.1, 0.15) is 11.5 Å². The number of hydrogen-bond donors (Lipinski definition) is 0. The third kappa shape index (κ3) is 2.56. The molecular weight excluding hydrogens is 338 g/mol. The molecule has 2 aromatic rings. The van der Waals surface area contributed by atoms with E-state index in [9.17, 15) is 4.79 Å². The van der Waals surface area contributed by atoms with Gasteiger partial charge in [-0.25, -0.2) is 4.90 Å². The fourth-order valence-electron chi connectivity index (χ4n) is 2.09. The topological polar surface area (TPSA) is 67.9 Å². The summed E-state index contributed by atoms with van der Waals surface area (Å²) in [4.78, 5) is 17.9. The SMILES string of the molecule is Cc1noc(C)c1N1C(=O)COC1=Nc1ccc(Br)cc1. The number of carbonyl (C=O) groups excluding carboxylic acids is 1. The fraction of sp³-hybridized carbons (Fsp3) is 0.214. The maximum absolute atomic E-state index is 12.1. The van der Waals surface area contributed by atoms with Gasteiger partial charge >= 0.3 is 6.02 Å². The highest BCUT2D eigenvalue weighted by atomic mass is 79.9. The lowest BCUT2D eigenvalue weighted by Crippen LogP contribution is -2.30. The Kier molecular flexibility index (Phi) is 3.50. The Morgan fingerprint density at radius 1 is 1.29 bits per heavy atom. The summed E-state index contributed by atoms with van der Waals surface area (Å²) in [6.45, 7) is 3.48. The molecule has 7 heteroatoms. The van der Waals surface area contributed by atoms with Crippen molar-refractivity contribution in [3.8, 4) is 0 Å². The van der Waals surface area contributed by atoms with Crippen LogP contribution in [-0.4, -0.2) is 23.7 Å². The number of amidine groups is 1. The number of halogens is 1. The first-order valence-corrected chi connectivity index (χ1v) is 7.08. The molecular formula is C14H12BrN3O3. The number of rotatable bonds is 2. The van der Waals surface area contributed by atoms with Gasteiger partial charge in [-0.05, 0) is 38.1 Å². The van der Waals surface area contributed by atoms with E-state index in [1.165, 1.54) is 4.90 Å². The van der Waals surface area contributed by atoms with Crippen molar-refractivity contribution in [1.82, 2.24) is 5.16 Å². The van der Waals surface area contributed by atoms with Crippen LogP contribution >= 0.6 is 15.9 Å². The number of aromatic nitrogens is 1. The van der Waals surface area contributed by atoms with Crippen LogP contribution < -0.4 is 4.90 Å². The van der Waals surface area contributed by atoms with Crippen molar-refractivity contribution < 1.29 is 14.1 Å². The number of ether oxygens (including phenoxy) is 1. The van der Waals surface area contributed by atoms with Crippen molar-refractivity contribution in [2.24, 2.45) is 4.99 Å². The van der Waals surface area contributed by atoms with Gasteiger partial charge in [-0.3, -0.25) is 4.79 Å². The molecule has 1 aliphatic heterocycles. The second kappa shape index (κ2) is 5.33. The zero-order chi connectivity index (χ0) is 15.0. The molecule has 6 nitrogen and oxygen atoms in total. The molecule has 0 unspecified atom stereocenters. The molecule has 108 valence electrons. The maximum atomic E-state index is 12.1. The number of benzene rings is 1. The van der Waals surface area contributed by atoms with Gasteiger partial charge in [0.05, 0.1) is 5.69 Å². The van der Waals surface area contributed by atoms with Crippen LogP contribution in [0, 0.1) is 13.8 Å². The van der Waals surface area contributed by atoms with Crippen LogP contribution in [-0.2, 0) is 9.53 Å². The summed E-state index contributed by atoms with van der Waals surface area (Å²) < 4.78 is 11.5. The summed E-state index contributed by atoms with van der Waals surface area (Å²) in [5.41, 5.74) is 1.91. The molecule has 0 atom stereocenters. The van der Waals surface area contributed by atoms with E-state index in [4.69, 9.17) is 9.26 Å². The summed E-state index contributed by atoms with van der Waals surface area (Å²) in [6, 6.07) is 7.63. The number of aryl methyl sites for hydroxylation is 2. The monoisotopic (exact) mass is 349 g/mol. The van der Waals surface area contributed by atoms with E-state index < -0.39 is 0 Å². The van der Waals surface area contributed by atoms with Crippen molar-refractivity contribution in [1.29, 1.82) is 0 Å². The van der Waals surface area contributed by atoms with E-state index in [0.29, 0.717) is 22.8 Å². The first-order chi connectivity index (χ1) is 10.1. The van der Waals surface area contributed by atoms with E-state index in [2.05, 4.69) is 26.1 Å². The molecule has 0 aliphatic carbocycles. The average molecular weight is 350 g/mol. The third-order valence-corrected chi connectivity index (χ3v) is 3.56. The molecule has 1 amide bonds. The van der Waals surface area contributed by atoms with Gasteiger partial charge in [0.1, 0.15) is 11.4 Å². The summed E-state index contributed by atoms with van der Waals surface area (Å²) in [6.07, 6.45) is 0. The molecule has 1 aromatic heterocycles. The standard InChI is InChI=1S/C14H12BrN3O3/c1-8-13(9(2)21-17-8)18-12(19)7-20-14(18)16-11-5-3-10(15)4-6-11/h3-6H,7H2,1-2H3. The quantitative estimate of drug-likeness (QED) is 0.835. The van der Waals surface area contributed by atoms with Crippen molar-refractivity contribution in [2.45, 2.75) is 13.8 Å². The summed E-state index contributed by atoms with van der Waals surface area (Å²) in [7, 11) is 0. The highest BCUT2D eigenvalue weighted by molar-refractivity contribution is 9.10. The molecule has 0 radical (unpaired) electrons. The largest absolute Gasteiger partial charge is 0.454 e. The lowest BCUT2D eigenvalue weighted by molar-refractivity contribution is -0.117. The van der Waals surface area contributed by atoms with Gasteiger partial charge in [0.2, 0.25) is 0 Å². The number of anilines is 1. The molecule has 21 heavy (non-hydrogen) atoms. The average Bonchev–Trinajstić information content (AvgIpc) is 2.96. The predicted molar refractivity (Wildman–Crippen MR) is 80.7 cm³/mol. The molecule has 1 saturated heterocycles. The lowest BCUT2D eigenvalue weighted by Gasteiger charge is -2.13. The third-order valence-electron chi connectivity index (χ3n) is 3.04. The Bertz CT molecular complexity index is 702. The molecule has 0 spiro atoms. The van der Waals surface area contributed by atoms with Gasteiger partial charge in [-0.2, -0.15) is 4.99 Å². The van der Waals surface area contributed by atoms with Crippen molar-refractivity contribution in [2.75, 3.05) is 11.5 Å². The van der Waals surface area contributed by atoms with Gasteiger partial charge in [0.15, 0.2) is 12.4 Å². The van der Waals surface area contributed by atoms with Crippen LogP contribution in [0.5, 0.6) is 0 Å². The minimum Gasteiger partial charge on any atom is -0.454 e. The fourth-order valence-corrected chi connectivity index (χ4v) is 2.35. The minimum atomic E-state index is -0.194. The Balaban J connectivity index is 2.02. The first kappa shape index (κ1) is 13.8. The molecule has 3 rings (SSSR count). The van der Waals surface area contributed by atoms with Crippen molar-refractivity contribution >= 4 is 39.2 Å². The molecule has 1 fully saturated rings. The molecule has 1 aromatic carbocycles. The number of nitrogens with zero attached hydrogens (tertiary/aromatic N) is 3. The number of amides is 1. The van der Waals surface area contributed by atoms with Gasteiger partial charge in [-0.15, -0.1) is 0 Å². The molecule has 0 bridgehead atoms. The van der Waals surface area contributed by atoms with Crippen LogP contribution in [0.25, 0.3) is 0 Å². The van der Waals surface area contributed by atoms with Crippen LogP contribution in [0.15, 0.2) is 38.3 Å². The van der Waals surface area contributed by atoms with Gasteiger partial charge in [0, 0.05) is 4.47 Å². The van der Waals surface area contributed by atoms with Crippen LogP contribution in [0.3, 0.4) is 0 Å². The predicted octanol–water partition coefficient (Wildman–Crippen LogP) is 3.10. The second-order valence-corrected chi connectivity index (χ2v) is 5.48. The van der Waals surface area contributed by atoms with E-state index in [1.54, 1.807) is 13.8 Å². The van der Waals surface area contributed by atoms with E-state index >= 15 is 0 Å². The summed E-state index contributed by atoms with van der Waals surface area (Å²) >= 11 is 3.37. The molecule has 1 aliphatic rings. The molecule has 0 saturated carbocycles. The van der Waals surface area contributed by atoms with Crippen LogP contribution in [0.2, 0.25) is 0 Å². The smallest absolute Gasteiger partial charge is 0.305 e. The Hall–Kier alpha value is -2.15. The molecule has 2 heterocycles. The van der Waals surface area contributed by atoms with Gasteiger partial charge < -0.3 is 9.26 Å². The first-order valence-electron chi connectivity index (χ1n) is 6.29. The number of aliphatic imine (C=N–C) groups is 1. The Labute approximate surface area is 129 Å². The Morgan fingerprint density at radius 3 is 2.62 bits per heavy atom. The van der Waals surface area contributed by atoms with Crippen molar-refractivity contribution in [3.63, 3.8) is 0 Å². The normalized spacial score (nSPS) is 16.6. The summed E-state index contributed by atoms with van der Waals surface area (Å²) in [5, 5.41) is 3.86. The number of hydrogen-bond acceptors (Lipinski definition) is 5. The second-order valence-electron chi connectivity index (χ2n) is 4.56. The highest BCUT2D eigenvalue weighted by Crippen LogP contribution is 2.28. The lowest BCUT2D eigenvalue weighted by atomic mass is 10.3. The zero-order valence-electron chi connectivity index (χ0n) is 11.5.